The standard InChI is InChI=1S/C20H20N2O4S/c1-3-26-19(24)15-16(12-8-5-4-6-9-12)21-20(27)22-17(15)13-10-7-11-14(25-2)18(13)23/h4-11,17,23H,3H2,1-2H3,(H2,21,22,27). The summed E-state index contributed by atoms with van der Waals surface area (Å²) >= 11 is 5.35. The highest BCUT2D eigenvalue weighted by atomic mass is 32.1. The van der Waals surface area contributed by atoms with Crippen LogP contribution in [0.1, 0.15) is 24.1 Å². The number of methoxy groups -OCH3 is 1. The van der Waals surface area contributed by atoms with E-state index < -0.39 is 12.0 Å². The molecule has 1 unspecified atom stereocenters. The maximum absolute atomic E-state index is 12.8. The smallest absolute Gasteiger partial charge is 0.338 e. The highest BCUT2D eigenvalue weighted by Gasteiger charge is 2.35. The van der Waals surface area contributed by atoms with E-state index in [1.165, 1.54) is 7.11 Å². The van der Waals surface area contributed by atoms with Crippen LogP contribution in [-0.4, -0.2) is 29.9 Å². The quantitative estimate of drug-likeness (QED) is 0.540. The summed E-state index contributed by atoms with van der Waals surface area (Å²) in [6.45, 7) is 1.97. The van der Waals surface area contributed by atoms with Gasteiger partial charge in [0.2, 0.25) is 0 Å². The molecule has 1 aliphatic heterocycles. The van der Waals surface area contributed by atoms with Crippen molar-refractivity contribution in [2.75, 3.05) is 13.7 Å². The van der Waals surface area contributed by atoms with Gasteiger partial charge in [-0.2, -0.15) is 0 Å². The Hall–Kier alpha value is -3.06. The highest BCUT2D eigenvalue weighted by molar-refractivity contribution is 7.80. The number of carbonyl (C=O) groups is 1. The van der Waals surface area contributed by atoms with Crippen LogP contribution in [0.4, 0.5) is 0 Å². The molecule has 140 valence electrons. The maximum atomic E-state index is 12.8. The Bertz CT molecular complexity index is 896. The molecule has 0 radical (unpaired) electrons. The highest BCUT2D eigenvalue weighted by Crippen LogP contribution is 2.39. The molecule has 0 saturated carbocycles. The summed E-state index contributed by atoms with van der Waals surface area (Å²) in [4.78, 5) is 12.8. The molecule has 0 bridgehead atoms. The fourth-order valence-corrected chi connectivity index (χ4v) is 3.22. The molecule has 7 heteroatoms. The first-order chi connectivity index (χ1) is 13.1. The van der Waals surface area contributed by atoms with E-state index in [4.69, 9.17) is 21.7 Å². The molecule has 27 heavy (non-hydrogen) atoms. The van der Waals surface area contributed by atoms with Crippen LogP contribution in [0.5, 0.6) is 11.5 Å². The van der Waals surface area contributed by atoms with Crippen LogP contribution in [0.15, 0.2) is 54.1 Å². The second kappa shape index (κ2) is 8.09. The number of benzene rings is 2. The van der Waals surface area contributed by atoms with Crippen LogP contribution in [0.3, 0.4) is 0 Å². The predicted octanol–water partition coefficient (Wildman–Crippen LogP) is 2.89. The van der Waals surface area contributed by atoms with Crippen molar-refractivity contribution in [1.82, 2.24) is 10.6 Å². The molecule has 1 aliphatic rings. The number of ether oxygens (including phenoxy) is 2. The molecule has 1 heterocycles. The van der Waals surface area contributed by atoms with Crippen molar-refractivity contribution in [1.29, 1.82) is 0 Å². The molecular formula is C20H20N2O4S. The lowest BCUT2D eigenvalue weighted by atomic mass is 9.92. The molecule has 2 aromatic rings. The third-order valence-corrected chi connectivity index (χ3v) is 4.41. The number of phenolic OH excluding ortho intramolecular Hbond substituents is 1. The molecule has 2 aromatic carbocycles. The Morgan fingerprint density at radius 2 is 1.93 bits per heavy atom. The fraction of sp³-hybridized carbons (Fsp3) is 0.200. The molecule has 0 saturated heterocycles. The minimum Gasteiger partial charge on any atom is -0.504 e. The van der Waals surface area contributed by atoms with Gasteiger partial charge in [0.1, 0.15) is 0 Å². The van der Waals surface area contributed by atoms with Gasteiger partial charge >= 0.3 is 5.97 Å². The van der Waals surface area contributed by atoms with Crippen molar-refractivity contribution in [3.8, 4) is 11.5 Å². The summed E-state index contributed by atoms with van der Waals surface area (Å²) in [6.07, 6.45) is 0. The molecule has 0 amide bonds. The summed E-state index contributed by atoms with van der Waals surface area (Å²) < 4.78 is 10.5. The van der Waals surface area contributed by atoms with Gasteiger partial charge in [0.25, 0.3) is 0 Å². The number of carbonyl (C=O) groups excluding carboxylic acids is 1. The van der Waals surface area contributed by atoms with Gasteiger partial charge in [-0.1, -0.05) is 42.5 Å². The minimum atomic E-state index is -0.692. The number of nitrogens with one attached hydrogen (secondary N) is 2. The van der Waals surface area contributed by atoms with E-state index in [0.29, 0.717) is 27.7 Å². The van der Waals surface area contributed by atoms with Gasteiger partial charge in [-0.25, -0.2) is 4.79 Å². The zero-order valence-electron chi connectivity index (χ0n) is 15.0. The van der Waals surface area contributed by atoms with Crippen LogP contribution in [-0.2, 0) is 9.53 Å². The number of para-hydroxylation sites is 1. The van der Waals surface area contributed by atoms with Gasteiger partial charge in [-0.15, -0.1) is 0 Å². The van der Waals surface area contributed by atoms with Crippen LogP contribution < -0.4 is 15.4 Å². The summed E-state index contributed by atoms with van der Waals surface area (Å²) in [7, 11) is 1.47. The molecule has 0 spiro atoms. The lowest BCUT2D eigenvalue weighted by Gasteiger charge is -2.31. The second-order valence-corrected chi connectivity index (χ2v) is 6.21. The normalized spacial score (nSPS) is 16.4. The van der Waals surface area contributed by atoms with E-state index in [1.54, 1.807) is 25.1 Å². The lowest BCUT2D eigenvalue weighted by molar-refractivity contribution is -0.138. The first-order valence-electron chi connectivity index (χ1n) is 8.46. The summed E-state index contributed by atoms with van der Waals surface area (Å²) in [5, 5.41) is 17.1. The number of thiocarbonyl (C=S) groups is 1. The van der Waals surface area contributed by atoms with Gasteiger partial charge in [-0.3, -0.25) is 0 Å². The number of esters is 1. The molecular weight excluding hydrogens is 364 g/mol. The monoisotopic (exact) mass is 384 g/mol. The first-order valence-corrected chi connectivity index (χ1v) is 8.87. The number of hydrogen-bond donors (Lipinski definition) is 3. The SMILES string of the molecule is CCOC(=O)C1=C(c2ccccc2)NC(=S)NC1c1cccc(OC)c1O. The molecule has 0 aliphatic carbocycles. The topological polar surface area (TPSA) is 79.8 Å². The average molecular weight is 384 g/mol. The van der Waals surface area contributed by atoms with Crippen molar-refractivity contribution in [3.05, 3.63) is 65.2 Å². The summed E-state index contributed by atoms with van der Waals surface area (Å²) in [5.74, 6) is -0.245. The van der Waals surface area contributed by atoms with E-state index in [-0.39, 0.29) is 12.4 Å². The number of aromatic hydroxyl groups is 1. The van der Waals surface area contributed by atoms with Crippen molar-refractivity contribution in [2.24, 2.45) is 0 Å². The number of phenols is 1. The summed E-state index contributed by atoms with van der Waals surface area (Å²) in [5.41, 5.74) is 2.14. The van der Waals surface area contributed by atoms with Gasteiger partial charge in [0.15, 0.2) is 16.6 Å². The first kappa shape index (κ1) is 18.7. The Kier molecular flexibility index (Phi) is 5.61. The lowest BCUT2D eigenvalue weighted by Crippen LogP contribution is -2.45. The van der Waals surface area contributed by atoms with E-state index in [1.807, 2.05) is 30.3 Å². The molecule has 0 aromatic heterocycles. The zero-order chi connectivity index (χ0) is 19.4. The van der Waals surface area contributed by atoms with Crippen molar-refractivity contribution in [2.45, 2.75) is 13.0 Å². The van der Waals surface area contributed by atoms with Crippen molar-refractivity contribution in [3.63, 3.8) is 0 Å². The Labute approximate surface area is 162 Å². The van der Waals surface area contributed by atoms with Crippen LogP contribution in [0.2, 0.25) is 0 Å². The van der Waals surface area contributed by atoms with E-state index >= 15 is 0 Å². The van der Waals surface area contributed by atoms with Crippen LogP contribution >= 0.6 is 12.2 Å². The third-order valence-electron chi connectivity index (χ3n) is 4.19. The molecule has 0 fully saturated rings. The largest absolute Gasteiger partial charge is 0.504 e. The van der Waals surface area contributed by atoms with Crippen LogP contribution in [0.25, 0.3) is 5.70 Å². The van der Waals surface area contributed by atoms with Gasteiger partial charge in [0, 0.05) is 5.56 Å². The van der Waals surface area contributed by atoms with E-state index in [9.17, 15) is 9.90 Å². The minimum absolute atomic E-state index is 0.0589. The molecule has 6 nitrogen and oxygen atoms in total. The maximum Gasteiger partial charge on any atom is 0.338 e. The van der Waals surface area contributed by atoms with E-state index in [0.717, 1.165) is 5.56 Å². The van der Waals surface area contributed by atoms with Gasteiger partial charge < -0.3 is 25.2 Å². The Morgan fingerprint density at radius 1 is 1.19 bits per heavy atom. The van der Waals surface area contributed by atoms with E-state index in [2.05, 4.69) is 10.6 Å². The van der Waals surface area contributed by atoms with Crippen molar-refractivity contribution >= 4 is 29.0 Å². The van der Waals surface area contributed by atoms with Crippen LogP contribution in [0, 0.1) is 0 Å². The number of hydrogen-bond acceptors (Lipinski definition) is 5. The average Bonchev–Trinajstić information content (AvgIpc) is 2.68. The third kappa shape index (κ3) is 3.73. The van der Waals surface area contributed by atoms with Crippen molar-refractivity contribution < 1.29 is 19.4 Å². The molecule has 3 rings (SSSR count). The predicted molar refractivity (Wildman–Crippen MR) is 106 cm³/mol. The Balaban J connectivity index is 2.22. The fourth-order valence-electron chi connectivity index (χ4n) is 3.00. The summed E-state index contributed by atoms with van der Waals surface area (Å²) in [6, 6.07) is 13.8. The zero-order valence-corrected chi connectivity index (χ0v) is 15.8. The Morgan fingerprint density at radius 3 is 2.59 bits per heavy atom. The number of rotatable bonds is 5. The molecule has 1 atom stereocenters. The van der Waals surface area contributed by atoms with Gasteiger partial charge in [-0.05, 0) is 30.8 Å². The molecule has 3 N–H and O–H groups in total. The second-order valence-electron chi connectivity index (χ2n) is 5.80. The van der Waals surface area contributed by atoms with Gasteiger partial charge in [0.05, 0.1) is 31.0 Å².